The molecule has 0 saturated heterocycles. The maximum absolute atomic E-state index is 12.6. The quantitative estimate of drug-likeness (QED) is 0.671. The average Bonchev–Trinajstić information content (AvgIpc) is 3.05. The van der Waals surface area contributed by atoms with Gasteiger partial charge in [-0.2, -0.15) is 5.10 Å². The molecule has 3 rings (SSSR count). The number of nitrogens with one attached hydrogen (secondary N) is 2. The van der Waals surface area contributed by atoms with Crippen LogP contribution in [0.4, 0.5) is 5.69 Å². The van der Waals surface area contributed by atoms with E-state index in [9.17, 15) is 4.79 Å². The van der Waals surface area contributed by atoms with Gasteiger partial charge in [0.2, 0.25) is 5.91 Å². The molecule has 0 spiro atoms. The minimum Gasteiger partial charge on any atom is -0.497 e. The molecule has 2 aromatic carbocycles. The standard InChI is InChI=1S/C21H23N3O2/c1-3-8-18-21(22-19(25)13-15-9-5-4-6-10-15)20(24-23-18)16-11-7-12-17(14-16)26-2/h4-7,9-12,14H,3,8,13H2,1-2H3,(H,22,25)(H,23,24). The van der Waals surface area contributed by atoms with Gasteiger partial charge in [0, 0.05) is 5.56 Å². The molecule has 0 aliphatic heterocycles. The average molecular weight is 349 g/mol. The number of amides is 1. The molecule has 0 aliphatic rings. The molecule has 0 unspecified atom stereocenters. The molecule has 0 saturated carbocycles. The zero-order valence-corrected chi connectivity index (χ0v) is 15.1. The van der Waals surface area contributed by atoms with E-state index >= 15 is 0 Å². The second-order valence-electron chi connectivity index (χ2n) is 6.12. The highest BCUT2D eigenvalue weighted by Gasteiger charge is 2.17. The monoisotopic (exact) mass is 349 g/mol. The van der Waals surface area contributed by atoms with Crippen molar-refractivity contribution in [3.05, 3.63) is 65.9 Å². The first-order valence-electron chi connectivity index (χ1n) is 8.76. The summed E-state index contributed by atoms with van der Waals surface area (Å²) in [5.74, 6) is 0.697. The Hall–Kier alpha value is -3.08. The molecule has 5 heteroatoms. The first-order chi connectivity index (χ1) is 12.7. The number of ether oxygens (including phenoxy) is 1. The maximum atomic E-state index is 12.6. The number of benzene rings is 2. The second kappa shape index (κ2) is 8.34. The molecule has 3 aromatic rings. The van der Waals surface area contributed by atoms with Crippen LogP contribution in [0.15, 0.2) is 54.6 Å². The number of aromatic nitrogens is 2. The van der Waals surface area contributed by atoms with Crippen LogP contribution in [0.1, 0.15) is 24.6 Å². The third-order valence-electron chi connectivity index (χ3n) is 4.16. The van der Waals surface area contributed by atoms with Crippen LogP contribution >= 0.6 is 0 Å². The predicted octanol–water partition coefficient (Wildman–Crippen LogP) is 4.22. The Labute approximate surface area is 153 Å². The summed E-state index contributed by atoms with van der Waals surface area (Å²) >= 11 is 0. The lowest BCUT2D eigenvalue weighted by Gasteiger charge is -2.09. The fourth-order valence-corrected chi connectivity index (χ4v) is 2.89. The minimum atomic E-state index is -0.0564. The summed E-state index contributed by atoms with van der Waals surface area (Å²) in [6, 6.07) is 17.4. The van der Waals surface area contributed by atoms with Gasteiger partial charge in [0.25, 0.3) is 0 Å². The summed E-state index contributed by atoms with van der Waals surface area (Å²) in [4.78, 5) is 12.6. The van der Waals surface area contributed by atoms with E-state index in [0.29, 0.717) is 6.42 Å². The SMILES string of the molecule is CCCc1[nH]nc(-c2cccc(OC)c2)c1NC(=O)Cc1ccccc1. The van der Waals surface area contributed by atoms with Crippen LogP contribution < -0.4 is 10.1 Å². The Morgan fingerprint density at radius 2 is 1.96 bits per heavy atom. The summed E-state index contributed by atoms with van der Waals surface area (Å²) in [6.45, 7) is 2.10. The summed E-state index contributed by atoms with van der Waals surface area (Å²) in [6.07, 6.45) is 2.11. The van der Waals surface area contributed by atoms with Gasteiger partial charge in [0.15, 0.2) is 0 Å². The first-order valence-corrected chi connectivity index (χ1v) is 8.76. The van der Waals surface area contributed by atoms with Crippen LogP contribution in [0.25, 0.3) is 11.3 Å². The summed E-state index contributed by atoms with van der Waals surface area (Å²) < 4.78 is 5.31. The van der Waals surface area contributed by atoms with Gasteiger partial charge in [-0.15, -0.1) is 0 Å². The van der Waals surface area contributed by atoms with Crippen LogP contribution in [-0.4, -0.2) is 23.2 Å². The number of H-pyrrole nitrogens is 1. The minimum absolute atomic E-state index is 0.0564. The molecule has 134 valence electrons. The number of aryl methyl sites for hydroxylation is 1. The van der Waals surface area contributed by atoms with Crippen LogP contribution in [0.2, 0.25) is 0 Å². The summed E-state index contributed by atoms with van der Waals surface area (Å²) in [5, 5.41) is 10.6. The largest absolute Gasteiger partial charge is 0.497 e. The molecule has 1 aromatic heterocycles. The van der Waals surface area contributed by atoms with Crippen LogP contribution in [-0.2, 0) is 17.6 Å². The van der Waals surface area contributed by atoms with E-state index < -0.39 is 0 Å². The third-order valence-corrected chi connectivity index (χ3v) is 4.16. The zero-order valence-electron chi connectivity index (χ0n) is 15.1. The fraction of sp³-hybridized carbons (Fsp3) is 0.238. The zero-order chi connectivity index (χ0) is 18.4. The van der Waals surface area contributed by atoms with Gasteiger partial charge >= 0.3 is 0 Å². The Morgan fingerprint density at radius 3 is 2.69 bits per heavy atom. The third kappa shape index (κ3) is 4.11. The topological polar surface area (TPSA) is 67.0 Å². The van der Waals surface area contributed by atoms with Gasteiger partial charge in [0.1, 0.15) is 11.4 Å². The fourth-order valence-electron chi connectivity index (χ4n) is 2.89. The van der Waals surface area contributed by atoms with Crippen molar-refractivity contribution in [3.8, 4) is 17.0 Å². The van der Waals surface area contributed by atoms with Crippen molar-refractivity contribution in [3.63, 3.8) is 0 Å². The van der Waals surface area contributed by atoms with Gasteiger partial charge in [-0.1, -0.05) is 55.8 Å². The van der Waals surface area contributed by atoms with E-state index in [0.717, 1.165) is 46.8 Å². The van der Waals surface area contributed by atoms with Crippen molar-refractivity contribution in [2.45, 2.75) is 26.2 Å². The van der Waals surface area contributed by atoms with E-state index in [1.807, 2.05) is 54.6 Å². The molecular formula is C21H23N3O2. The lowest BCUT2D eigenvalue weighted by Crippen LogP contribution is -2.15. The Bertz CT molecular complexity index is 872. The highest BCUT2D eigenvalue weighted by atomic mass is 16.5. The molecule has 0 aliphatic carbocycles. The van der Waals surface area contributed by atoms with Crippen molar-refractivity contribution in [1.82, 2.24) is 10.2 Å². The van der Waals surface area contributed by atoms with E-state index in [1.165, 1.54) is 0 Å². The molecule has 26 heavy (non-hydrogen) atoms. The van der Waals surface area contributed by atoms with Gasteiger partial charge in [-0.3, -0.25) is 9.89 Å². The van der Waals surface area contributed by atoms with Crippen molar-refractivity contribution in [2.75, 3.05) is 12.4 Å². The molecule has 2 N–H and O–H groups in total. The number of anilines is 1. The predicted molar refractivity (Wildman–Crippen MR) is 103 cm³/mol. The Balaban J connectivity index is 1.88. The first kappa shape index (κ1) is 17.7. The van der Waals surface area contributed by atoms with Crippen LogP contribution in [0.3, 0.4) is 0 Å². The molecule has 5 nitrogen and oxygen atoms in total. The van der Waals surface area contributed by atoms with Gasteiger partial charge in [-0.05, 0) is 24.1 Å². The van der Waals surface area contributed by atoms with E-state index in [4.69, 9.17) is 4.74 Å². The van der Waals surface area contributed by atoms with E-state index in [1.54, 1.807) is 7.11 Å². The number of hydrogen-bond acceptors (Lipinski definition) is 3. The van der Waals surface area contributed by atoms with Crippen molar-refractivity contribution >= 4 is 11.6 Å². The summed E-state index contributed by atoms with van der Waals surface area (Å²) in [7, 11) is 1.63. The highest BCUT2D eigenvalue weighted by Crippen LogP contribution is 2.31. The second-order valence-corrected chi connectivity index (χ2v) is 6.12. The van der Waals surface area contributed by atoms with Crippen LogP contribution in [0, 0.1) is 0 Å². The molecule has 0 atom stereocenters. The molecule has 0 fully saturated rings. The number of aromatic amines is 1. The van der Waals surface area contributed by atoms with Crippen molar-refractivity contribution < 1.29 is 9.53 Å². The smallest absolute Gasteiger partial charge is 0.228 e. The lowest BCUT2D eigenvalue weighted by atomic mass is 10.1. The van der Waals surface area contributed by atoms with Crippen molar-refractivity contribution in [1.29, 1.82) is 0 Å². The Kier molecular flexibility index (Phi) is 5.69. The number of rotatable bonds is 7. The molecule has 0 radical (unpaired) electrons. The lowest BCUT2D eigenvalue weighted by molar-refractivity contribution is -0.115. The van der Waals surface area contributed by atoms with Gasteiger partial charge in [-0.25, -0.2) is 0 Å². The normalized spacial score (nSPS) is 10.5. The Morgan fingerprint density at radius 1 is 1.15 bits per heavy atom. The number of carbonyl (C=O) groups excluding carboxylic acids is 1. The van der Waals surface area contributed by atoms with Gasteiger partial charge in [0.05, 0.1) is 24.9 Å². The number of methoxy groups -OCH3 is 1. The maximum Gasteiger partial charge on any atom is 0.228 e. The number of carbonyl (C=O) groups is 1. The molecular weight excluding hydrogens is 326 g/mol. The summed E-state index contributed by atoms with van der Waals surface area (Å²) in [5.41, 5.74) is 4.30. The highest BCUT2D eigenvalue weighted by molar-refractivity contribution is 5.96. The number of hydrogen-bond donors (Lipinski definition) is 2. The van der Waals surface area contributed by atoms with E-state index in [2.05, 4.69) is 22.4 Å². The van der Waals surface area contributed by atoms with Crippen LogP contribution in [0.5, 0.6) is 5.75 Å². The van der Waals surface area contributed by atoms with E-state index in [-0.39, 0.29) is 5.91 Å². The molecule has 1 amide bonds. The molecule has 0 bridgehead atoms. The molecule has 1 heterocycles. The van der Waals surface area contributed by atoms with Gasteiger partial charge < -0.3 is 10.1 Å². The number of nitrogens with zero attached hydrogens (tertiary/aromatic N) is 1. The van der Waals surface area contributed by atoms with Crippen molar-refractivity contribution in [2.24, 2.45) is 0 Å².